The highest BCUT2D eigenvalue weighted by molar-refractivity contribution is 5.82. The van der Waals surface area contributed by atoms with E-state index in [0.29, 0.717) is 0 Å². The van der Waals surface area contributed by atoms with Crippen LogP contribution in [0.5, 0.6) is 0 Å². The Morgan fingerprint density at radius 1 is 1.33 bits per heavy atom. The molecule has 0 bridgehead atoms. The number of hydrogen-bond acceptors (Lipinski definition) is 3. The third-order valence-corrected chi connectivity index (χ3v) is 3.90. The molecule has 0 amide bonds. The van der Waals surface area contributed by atoms with E-state index in [0.717, 1.165) is 24.3 Å². The Balaban J connectivity index is 1.66. The molecule has 0 fully saturated rings. The summed E-state index contributed by atoms with van der Waals surface area (Å²) in [6.07, 6.45) is 4.94. The quantitative estimate of drug-likeness (QED) is 0.780. The molecule has 4 heteroatoms. The van der Waals surface area contributed by atoms with Gasteiger partial charge in [-0.05, 0) is 44.0 Å². The molecular weight excluding hydrogens is 262 g/mol. The first-order chi connectivity index (χ1) is 10.1. The number of nitrogens with zero attached hydrogens (tertiary/aromatic N) is 2. The summed E-state index contributed by atoms with van der Waals surface area (Å²) in [4.78, 5) is 0. The Morgan fingerprint density at radius 2 is 2.14 bits per heavy atom. The lowest BCUT2D eigenvalue weighted by atomic mass is 10.1. The molecule has 1 aromatic carbocycles. The van der Waals surface area contributed by atoms with Gasteiger partial charge in [0.05, 0.1) is 12.2 Å². The topological polar surface area (TPSA) is 43.0 Å². The predicted molar refractivity (Wildman–Crippen MR) is 84.3 cm³/mol. The Hall–Kier alpha value is -2.07. The van der Waals surface area contributed by atoms with Crippen molar-refractivity contribution in [2.45, 2.75) is 26.3 Å². The predicted octanol–water partition coefficient (Wildman–Crippen LogP) is 3.37. The number of hydrogen-bond donors (Lipinski definition) is 1. The average molecular weight is 283 g/mol. The van der Waals surface area contributed by atoms with Gasteiger partial charge < -0.3 is 9.73 Å². The molecule has 4 nitrogen and oxygen atoms in total. The second-order valence-electron chi connectivity index (χ2n) is 5.54. The average Bonchev–Trinajstić information content (AvgIpc) is 3.03. The van der Waals surface area contributed by atoms with E-state index < -0.39 is 0 Å². The smallest absolute Gasteiger partial charge is 0.134 e. The van der Waals surface area contributed by atoms with Gasteiger partial charge in [0.25, 0.3) is 0 Å². The number of furan rings is 1. The number of benzene rings is 1. The molecule has 3 aromatic rings. The fraction of sp³-hybridized carbons (Fsp3) is 0.353. The summed E-state index contributed by atoms with van der Waals surface area (Å²) in [5, 5.41) is 8.92. The summed E-state index contributed by atoms with van der Waals surface area (Å²) in [6.45, 7) is 5.18. The zero-order valence-corrected chi connectivity index (χ0v) is 12.8. The first-order valence-corrected chi connectivity index (χ1v) is 7.34. The minimum atomic E-state index is 0.203. The highest BCUT2D eigenvalue weighted by Crippen LogP contribution is 2.28. The molecule has 0 saturated heterocycles. The highest BCUT2D eigenvalue weighted by Gasteiger charge is 2.15. The first kappa shape index (κ1) is 13.9. The highest BCUT2D eigenvalue weighted by atomic mass is 16.3. The van der Waals surface area contributed by atoms with Gasteiger partial charge in [-0.2, -0.15) is 5.10 Å². The molecule has 0 spiro atoms. The van der Waals surface area contributed by atoms with E-state index in [-0.39, 0.29) is 6.04 Å². The maximum absolute atomic E-state index is 5.99. The van der Waals surface area contributed by atoms with Crippen molar-refractivity contribution >= 4 is 11.0 Å². The molecule has 1 atom stereocenters. The number of aromatic nitrogens is 2. The fourth-order valence-electron chi connectivity index (χ4n) is 2.73. The summed E-state index contributed by atoms with van der Waals surface area (Å²) in [5.74, 6) is 1.03. The van der Waals surface area contributed by atoms with E-state index in [1.165, 1.54) is 16.5 Å². The number of nitrogens with one attached hydrogen (secondary N) is 1. The fourth-order valence-corrected chi connectivity index (χ4v) is 2.73. The molecular formula is C17H21N3O. The Labute approximate surface area is 124 Å². The molecule has 3 rings (SSSR count). The zero-order valence-electron chi connectivity index (χ0n) is 12.8. The van der Waals surface area contributed by atoms with Crippen molar-refractivity contribution < 1.29 is 4.42 Å². The second-order valence-corrected chi connectivity index (χ2v) is 5.54. The normalized spacial score (nSPS) is 12.9. The van der Waals surface area contributed by atoms with E-state index >= 15 is 0 Å². The van der Waals surface area contributed by atoms with Crippen LogP contribution in [0.25, 0.3) is 11.0 Å². The van der Waals surface area contributed by atoms with Crippen LogP contribution in [0, 0.1) is 6.92 Å². The van der Waals surface area contributed by atoms with Gasteiger partial charge in [0.1, 0.15) is 11.3 Å². The molecule has 0 aliphatic heterocycles. The third-order valence-electron chi connectivity index (χ3n) is 3.90. The van der Waals surface area contributed by atoms with E-state index in [9.17, 15) is 0 Å². The minimum Gasteiger partial charge on any atom is -0.459 e. The van der Waals surface area contributed by atoms with Crippen molar-refractivity contribution in [3.63, 3.8) is 0 Å². The summed E-state index contributed by atoms with van der Waals surface area (Å²) in [6, 6.07) is 8.40. The largest absolute Gasteiger partial charge is 0.459 e. The van der Waals surface area contributed by atoms with E-state index in [1.54, 1.807) is 0 Å². The molecule has 110 valence electrons. The zero-order chi connectivity index (χ0) is 14.8. The maximum Gasteiger partial charge on any atom is 0.134 e. The minimum absolute atomic E-state index is 0.203. The maximum atomic E-state index is 5.99. The van der Waals surface area contributed by atoms with Gasteiger partial charge in [-0.25, -0.2) is 0 Å². The molecule has 0 aliphatic rings. The molecule has 1 N–H and O–H groups in total. The van der Waals surface area contributed by atoms with Gasteiger partial charge in [-0.15, -0.1) is 0 Å². The van der Waals surface area contributed by atoms with Crippen LogP contribution in [0.1, 0.15) is 29.9 Å². The summed E-state index contributed by atoms with van der Waals surface area (Å²) < 4.78 is 7.82. The van der Waals surface area contributed by atoms with Crippen LogP contribution in [-0.2, 0) is 13.5 Å². The van der Waals surface area contributed by atoms with E-state index in [1.807, 2.05) is 30.1 Å². The second kappa shape index (κ2) is 5.74. The number of aryl methyl sites for hydroxylation is 2. The Morgan fingerprint density at radius 3 is 2.86 bits per heavy atom. The number of para-hydroxylation sites is 1. The van der Waals surface area contributed by atoms with Crippen LogP contribution in [0.3, 0.4) is 0 Å². The van der Waals surface area contributed by atoms with Crippen molar-refractivity contribution in [3.8, 4) is 0 Å². The lowest BCUT2D eigenvalue weighted by Crippen LogP contribution is -2.21. The van der Waals surface area contributed by atoms with E-state index in [4.69, 9.17) is 4.42 Å². The Bertz CT molecular complexity index is 741. The molecule has 2 heterocycles. The molecule has 21 heavy (non-hydrogen) atoms. The monoisotopic (exact) mass is 283 g/mol. The van der Waals surface area contributed by atoms with Crippen molar-refractivity contribution in [1.29, 1.82) is 0 Å². The number of rotatable bonds is 5. The molecule has 0 radical (unpaired) electrons. The van der Waals surface area contributed by atoms with Gasteiger partial charge in [0.2, 0.25) is 0 Å². The van der Waals surface area contributed by atoms with Crippen LogP contribution in [0.4, 0.5) is 0 Å². The third kappa shape index (κ3) is 2.85. The summed E-state index contributed by atoms with van der Waals surface area (Å²) in [7, 11) is 1.94. The van der Waals surface area contributed by atoms with Crippen LogP contribution in [0.2, 0.25) is 0 Å². The van der Waals surface area contributed by atoms with E-state index in [2.05, 4.69) is 42.6 Å². The van der Waals surface area contributed by atoms with Crippen LogP contribution in [0.15, 0.2) is 41.1 Å². The lowest BCUT2D eigenvalue weighted by molar-refractivity contribution is 0.450. The van der Waals surface area contributed by atoms with Crippen LogP contribution in [-0.4, -0.2) is 16.3 Å². The van der Waals surface area contributed by atoms with Crippen LogP contribution >= 0.6 is 0 Å². The first-order valence-electron chi connectivity index (χ1n) is 7.34. The van der Waals surface area contributed by atoms with Gasteiger partial charge >= 0.3 is 0 Å². The SMILES string of the molecule is Cc1c(C(C)NCCc2cnn(C)c2)oc2ccccc12. The van der Waals surface area contributed by atoms with Crippen molar-refractivity contribution in [3.05, 3.63) is 53.5 Å². The van der Waals surface area contributed by atoms with Gasteiger partial charge in [0.15, 0.2) is 0 Å². The molecule has 0 saturated carbocycles. The van der Waals surface area contributed by atoms with Crippen molar-refractivity contribution in [2.24, 2.45) is 7.05 Å². The molecule has 0 aliphatic carbocycles. The Kier molecular flexibility index (Phi) is 3.80. The lowest BCUT2D eigenvalue weighted by Gasteiger charge is -2.11. The number of fused-ring (bicyclic) bond motifs is 1. The van der Waals surface area contributed by atoms with Gasteiger partial charge in [-0.3, -0.25) is 4.68 Å². The van der Waals surface area contributed by atoms with Crippen molar-refractivity contribution in [1.82, 2.24) is 15.1 Å². The van der Waals surface area contributed by atoms with Gasteiger partial charge in [-0.1, -0.05) is 18.2 Å². The summed E-state index contributed by atoms with van der Waals surface area (Å²) in [5.41, 5.74) is 3.44. The van der Waals surface area contributed by atoms with Crippen LogP contribution < -0.4 is 5.32 Å². The molecule has 2 aromatic heterocycles. The van der Waals surface area contributed by atoms with Gasteiger partial charge in [0, 0.05) is 18.6 Å². The molecule has 1 unspecified atom stereocenters. The van der Waals surface area contributed by atoms with Crippen molar-refractivity contribution in [2.75, 3.05) is 6.54 Å². The standard InChI is InChI=1S/C17H21N3O/c1-12-15-6-4-5-7-16(15)21-17(12)13(2)18-9-8-14-10-19-20(3)11-14/h4-7,10-11,13,18H,8-9H2,1-3H3. The summed E-state index contributed by atoms with van der Waals surface area (Å²) >= 11 is 0.